The zero-order valence-electron chi connectivity index (χ0n) is 18.4. The van der Waals surface area contributed by atoms with Crippen LogP contribution in [0, 0.1) is 12.8 Å². The van der Waals surface area contributed by atoms with E-state index >= 15 is 0 Å². The zero-order valence-corrected chi connectivity index (χ0v) is 19.2. The first-order valence-corrected chi connectivity index (χ1v) is 11.8. The van der Waals surface area contributed by atoms with E-state index in [1.54, 1.807) is 19.2 Å². The summed E-state index contributed by atoms with van der Waals surface area (Å²) in [6.07, 6.45) is 1.28. The minimum atomic E-state index is -3.77. The Bertz CT molecular complexity index is 1020. The number of methoxy groups -OCH3 is 2. The highest BCUT2D eigenvalue weighted by Gasteiger charge is 2.35. The fraction of sp³-hybridized carbons (Fsp3) is 0.435. The van der Waals surface area contributed by atoms with Gasteiger partial charge in [0.25, 0.3) is 0 Å². The lowest BCUT2D eigenvalue weighted by Crippen LogP contribution is -2.45. The van der Waals surface area contributed by atoms with Crippen molar-refractivity contribution in [2.24, 2.45) is 5.92 Å². The van der Waals surface area contributed by atoms with E-state index in [1.165, 1.54) is 11.4 Å². The van der Waals surface area contributed by atoms with Crippen LogP contribution in [0.4, 0.5) is 0 Å². The summed E-state index contributed by atoms with van der Waals surface area (Å²) < 4.78 is 38.4. The van der Waals surface area contributed by atoms with Crippen LogP contribution in [0.1, 0.15) is 36.9 Å². The molecule has 8 heteroatoms. The molecule has 7 nitrogen and oxygen atoms in total. The Morgan fingerprint density at radius 3 is 2.48 bits per heavy atom. The van der Waals surface area contributed by atoms with E-state index in [2.05, 4.69) is 5.32 Å². The average molecular weight is 447 g/mol. The number of aryl methyl sites for hydroxylation is 1. The van der Waals surface area contributed by atoms with Gasteiger partial charge in [-0.1, -0.05) is 18.2 Å². The molecule has 2 aromatic carbocycles. The Balaban J connectivity index is 1.72. The Morgan fingerprint density at radius 1 is 1.13 bits per heavy atom. The maximum absolute atomic E-state index is 13.3. The second-order valence-electron chi connectivity index (χ2n) is 7.86. The molecule has 31 heavy (non-hydrogen) atoms. The third-order valence-electron chi connectivity index (χ3n) is 5.67. The first kappa shape index (κ1) is 23.1. The van der Waals surface area contributed by atoms with Gasteiger partial charge in [-0.15, -0.1) is 0 Å². The van der Waals surface area contributed by atoms with E-state index < -0.39 is 15.9 Å². The lowest BCUT2D eigenvalue weighted by atomic mass is 9.98. The van der Waals surface area contributed by atoms with E-state index in [1.807, 2.05) is 44.2 Å². The number of amides is 1. The van der Waals surface area contributed by atoms with Gasteiger partial charge in [0.15, 0.2) is 0 Å². The molecule has 0 unspecified atom stereocenters. The predicted molar refractivity (Wildman–Crippen MR) is 119 cm³/mol. The number of piperidine rings is 1. The largest absolute Gasteiger partial charge is 0.497 e. The molecule has 2 aromatic rings. The molecule has 1 saturated heterocycles. The van der Waals surface area contributed by atoms with Crippen LogP contribution in [0.25, 0.3) is 0 Å². The van der Waals surface area contributed by atoms with Crippen molar-refractivity contribution >= 4 is 15.9 Å². The van der Waals surface area contributed by atoms with E-state index in [-0.39, 0.29) is 23.4 Å². The highest BCUT2D eigenvalue weighted by molar-refractivity contribution is 7.89. The van der Waals surface area contributed by atoms with Crippen LogP contribution >= 0.6 is 0 Å². The predicted octanol–water partition coefficient (Wildman–Crippen LogP) is 3.29. The summed E-state index contributed by atoms with van der Waals surface area (Å²) in [5, 5.41) is 3.02. The van der Waals surface area contributed by atoms with Gasteiger partial charge in [0.2, 0.25) is 15.9 Å². The number of carbonyl (C=O) groups excluding carboxylic acids is 1. The number of ether oxygens (including phenoxy) is 2. The minimum Gasteiger partial charge on any atom is -0.497 e. The van der Waals surface area contributed by atoms with E-state index in [4.69, 9.17) is 9.47 Å². The molecule has 1 aliphatic rings. The lowest BCUT2D eigenvalue weighted by Gasteiger charge is -2.32. The Hall–Kier alpha value is -2.58. The molecule has 2 atom stereocenters. The molecule has 3 rings (SSSR count). The van der Waals surface area contributed by atoms with Crippen molar-refractivity contribution < 1.29 is 22.7 Å². The van der Waals surface area contributed by atoms with E-state index in [0.717, 1.165) is 16.9 Å². The molecule has 0 aliphatic carbocycles. The van der Waals surface area contributed by atoms with Crippen molar-refractivity contribution in [1.29, 1.82) is 0 Å². The summed E-state index contributed by atoms with van der Waals surface area (Å²) in [5.41, 5.74) is 1.79. The molecule has 168 valence electrons. The quantitative estimate of drug-likeness (QED) is 0.706. The molecule has 0 radical (unpaired) electrons. The standard InChI is InChI=1S/C23H30N2O5S/c1-16-7-12-21(30-4)22(14-16)31(27,28)25-13-5-6-19(15-25)23(26)24-17(2)18-8-10-20(29-3)11-9-18/h7-12,14,17,19H,5-6,13,15H2,1-4H3,(H,24,26)/t17-,19+/m0/s1. The summed E-state index contributed by atoms with van der Waals surface area (Å²) in [6.45, 7) is 4.29. The van der Waals surface area contributed by atoms with Gasteiger partial charge >= 0.3 is 0 Å². The normalized spacial score (nSPS) is 18.3. The van der Waals surface area contributed by atoms with Gasteiger partial charge in [0, 0.05) is 13.1 Å². The summed E-state index contributed by atoms with van der Waals surface area (Å²) in [4.78, 5) is 13.1. The van der Waals surface area contributed by atoms with Crippen molar-refractivity contribution in [3.8, 4) is 11.5 Å². The molecule has 1 heterocycles. The number of sulfonamides is 1. The summed E-state index contributed by atoms with van der Waals surface area (Å²) in [5.74, 6) is 0.520. The highest BCUT2D eigenvalue weighted by atomic mass is 32.2. The van der Waals surface area contributed by atoms with Crippen LogP contribution in [-0.4, -0.2) is 45.9 Å². The third-order valence-corrected chi connectivity index (χ3v) is 7.55. The smallest absolute Gasteiger partial charge is 0.246 e. The zero-order chi connectivity index (χ0) is 22.6. The van der Waals surface area contributed by atoms with Crippen molar-refractivity contribution in [2.45, 2.75) is 37.6 Å². The molecule has 0 bridgehead atoms. The minimum absolute atomic E-state index is 0.139. The van der Waals surface area contributed by atoms with Gasteiger partial charge in [-0.25, -0.2) is 8.42 Å². The van der Waals surface area contributed by atoms with Crippen LogP contribution in [0.5, 0.6) is 11.5 Å². The van der Waals surface area contributed by atoms with Crippen LogP contribution in [0.3, 0.4) is 0 Å². The summed E-state index contributed by atoms with van der Waals surface area (Å²) in [6, 6.07) is 12.4. The van der Waals surface area contributed by atoms with Crippen LogP contribution in [-0.2, 0) is 14.8 Å². The molecule has 1 fully saturated rings. The third kappa shape index (κ3) is 5.19. The lowest BCUT2D eigenvalue weighted by molar-refractivity contribution is -0.126. The Kier molecular flexibility index (Phi) is 7.23. The van der Waals surface area contributed by atoms with Gasteiger partial charge < -0.3 is 14.8 Å². The number of hydrogen-bond donors (Lipinski definition) is 1. The number of nitrogens with one attached hydrogen (secondary N) is 1. The molecule has 1 amide bonds. The number of hydrogen-bond acceptors (Lipinski definition) is 5. The fourth-order valence-corrected chi connectivity index (χ4v) is 5.57. The Labute approximate surface area is 184 Å². The summed E-state index contributed by atoms with van der Waals surface area (Å²) >= 11 is 0. The van der Waals surface area contributed by atoms with Crippen LogP contribution < -0.4 is 14.8 Å². The Morgan fingerprint density at radius 2 is 1.84 bits per heavy atom. The van der Waals surface area contributed by atoms with Gasteiger partial charge in [0.05, 0.1) is 26.2 Å². The topological polar surface area (TPSA) is 84.9 Å². The second-order valence-corrected chi connectivity index (χ2v) is 9.77. The molecule has 1 aliphatic heterocycles. The van der Waals surface area contributed by atoms with Crippen molar-refractivity contribution in [3.63, 3.8) is 0 Å². The molecule has 0 saturated carbocycles. The van der Waals surface area contributed by atoms with Crippen LogP contribution in [0.15, 0.2) is 47.4 Å². The van der Waals surface area contributed by atoms with Crippen molar-refractivity contribution in [2.75, 3.05) is 27.3 Å². The van der Waals surface area contributed by atoms with E-state index in [0.29, 0.717) is 25.1 Å². The highest BCUT2D eigenvalue weighted by Crippen LogP contribution is 2.31. The molecule has 0 spiro atoms. The van der Waals surface area contributed by atoms with E-state index in [9.17, 15) is 13.2 Å². The maximum Gasteiger partial charge on any atom is 0.246 e. The second kappa shape index (κ2) is 9.70. The van der Waals surface area contributed by atoms with Crippen molar-refractivity contribution in [1.82, 2.24) is 9.62 Å². The summed E-state index contributed by atoms with van der Waals surface area (Å²) in [7, 11) is -0.706. The first-order valence-electron chi connectivity index (χ1n) is 10.4. The van der Waals surface area contributed by atoms with Gasteiger partial charge in [-0.05, 0) is 62.1 Å². The first-order chi connectivity index (χ1) is 14.8. The maximum atomic E-state index is 13.3. The van der Waals surface area contributed by atoms with Gasteiger partial charge in [0.1, 0.15) is 16.4 Å². The van der Waals surface area contributed by atoms with Crippen molar-refractivity contribution in [3.05, 3.63) is 53.6 Å². The van der Waals surface area contributed by atoms with Gasteiger partial charge in [-0.2, -0.15) is 4.31 Å². The molecule has 1 N–H and O–H groups in total. The molecule has 0 aromatic heterocycles. The van der Waals surface area contributed by atoms with Gasteiger partial charge in [-0.3, -0.25) is 4.79 Å². The monoisotopic (exact) mass is 446 g/mol. The molecular weight excluding hydrogens is 416 g/mol. The average Bonchev–Trinajstić information content (AvgIpc) is 2.79. The number of nitrogens with zero attached hydrogens (tertiary/aromatic N) is 1. The molecular formula is C23H30N2O5S. The number of rotatable bonds is 7. The van der Waals surface area contributed by atoms with Crippen LogP contribution in [0.2, 0.25) is 0 Å². The SMILES string of the molecule is COc1ccc([C@H](C)NC(=O)[C@@H]2CCCN(S(=O)(=O)c3cc(C)ccc3OC)C2)cc1. The number of benzene rings is 2. The fourth-order valence-electron chi connectivity index (χ4n) is 3.81. The number of carbonyl (C=O) groups is 1.